The van der Waals surface area contributed by atoms with Gasteiger partial charge in [0.2, 0.25) is 0 Å². The van der Waals surface area contributed by atoms with E-state index in [1.54, 1.807) is 0 Å². The summed E-state index contributed by atoms with van der Waals surface area (Å²) in [6, 6.07) is 16.7. The van der Waals surface area contributed by atoms with Crippen molar-refractivity contribution in [1.82, 2.24) is 0 Å². The smallest absolute Gasteiger partial charge is 0.326 e. The minimum Gasteiger partial charge on any atom is -0.365 e. The highest BCUT2D eigenvalue weighted by molar-refractivity contribution is 6.05. The van der Waals surface area contributed by atoms with E-state index >= 15 is 0 Å². The Morgan fingerprint density at radius 1 is 1.12 bits per heavy atom. The van der Waals surface area contributed by atoms with Crippen LogP contribution in [-0.2, 0) is 6.42 Å². The van der Waals surface area contributed by atoms with Gasteiger partial charge in [0, 0.05) is 24.8 Å². The second kappa shape index (κ2) is 6.19. The van der Waals surface area contributed by atoms with Crippen molar-refractivity contribution in [2.45, 2.75) is 32.2 Å². The standard InChI is InChI=1S/C20H23N3O/c1-2-15-8-3-4-10-17(15)21-20(24)23-14-16-9-7-13-22(16)18-11-5-6-12-19(18)23/h3-6,8,10-12,16H,2,7,9,13-14H2,1H3,(H,21,24)/t16-/m0/s1. The zero-order chi connectivity index (χ0) is 16.5. The highest BCUT2D eigenvalue weighted by Crippen LogP contribution is 2.39. The van der Waals surface area contributed by atoms with E-state index < -0.39 is 0 Å². The predicted molar refractivity (Wildman–Crippen MR) is 99.0 cm³/mol. The van der Waals surface area contributed by atoms with Crippen LogP contribution in [0.25, 0.3) is 0 Å². The van der Waals surface area contributed by atoms with Crippen LogP contribution >= 0.6 is 0 Å². The fourth-order valence-corrected chi connectivity index (χ4v) is 3.91. The molecule has 2 heterocycles. The first-order chi connectivity index (χ1) is 11.8. The Bertz CT molecular complexity index is 758. The fraction of sp³-hybridized carbons (Fsp3) is 0.350. The van der Waals surface area contributed by atoms with Gasteiger partial charge in [-0.15, -0.1) is 0 Å². The molecule has 2 aliphatic heterocycles. The first kappa shape index (κ1) is 15.1. The van der Waals surface area contributed by atoms with Gasteiger partial charge in [-0.25, -0.2) is 4.79 Å². The third kappa shape index (κ3) is 2.52. The average Bonchev–Trinajstić information content (AvgIpc) is 3.10. The summed E-state index contributed by atoms with van der Waals surface area (Å²) in [5.41, 5.74) is 4.28. The molecule has 1 saturated heterocycles. The SMILES string of the molecule is CCc1ccccc1NC(=O)N1C[C@@H]2CCCN2c2ccccc21. The molecule has 1 N–H and O–H groups in total. The molecule has 1 fully saturated rings. The van der Waals surface area contributed by atoms with Crippen molar-refractivity contribution in [2.24, 2.45) is 0 Å². The number of nitrogens with zero attached hydrogens (tertiary/aromatic N) is 2. The molecule has 0 saturated carbocycles. The highest BCUT2D eigenvalue weighted by atomic mass is 16.2. The molecule has 2 aromatic carbocycles. The van der Waals surface area contributed by atoms with Crippen LogP contribution in [0.1, 0.15) is 25.3 Å². The monoisotopic (exact) mass is 321 g/mol. The summed E-state index contributed by atoms with van der Waals surface area (Å²) in [5, 5.41) is 3.12. The number of urea groups is 1. The van der Waals surface area contributed by atoms with Crippen LogP contribution in [0.2, 0.25) is 0 Å². The quantitative estimate of drug-likeness (QED) is 0.896. The van der Waals surface area contributed by atoms with Crippen molar-refractivity contribution in [3.63, 3.8) is 0 Å². The number of rotatable bonds is 2. The maximum Gasteiger partial charge on any atom is 0.326 e. The molecular weight excluding hydrogens is 298 g/mol. The molecular formula is C20H23N3O. The third-order valence-electron chi connectivity index (χ3n) is 5.14. The summed E-state index contributed by atoms with van der Waals surface area (Å²) < 4.78 is 0. The molecule has 0 unspecified atom stereocenters. The number of benzene rings is 2. The highest BCUT2D eigenvalue weighted by Gasteiger charge is 2.36. The molecule has 4 heteroatoms. The molecule has 1 atom stereocenters. The number of nitrogens with one attached hydrogen (secondary N) is 1. The normalized spacial score (nSPS) is 19.0. The lowest BCUT2D eigenvalue weighted by Gasteiger charge is -2.40. The number of para-hydroxylation sites is 3. The van der Waals surface area contributed by atoms with Crippen LogP contribution < -0.4 is 15.1 Å². The minimum atomic E-state index is -0.0325. The minimum absolute atomic E-state index is 0.0325. The molecule has 2 aliphatic rings. The number of anilines is 3. The Kier molecular flexibility index (Phi) is 3.89. The molecule has 2 amide bonds. The maximum absolute atomic E-state index is 13.0. The third-order valence-corrected chi connectivity index (χ3v) is 5.14. The molecule has 4 nitrogen and oxygen atoms in total. The van der Waals surface area contributed by atoms with Gasteiger partial charge >= 0.3 is 6.03 Å². The number of amides is 2. The average molecular weight is 321 g/mol. The fourth-order valence-electron chi connectivity index (χ4n) is 3.91. The summed E-state index contributed by atoms with van der Waals surface area (Å²) in [7, 11) is 0. The van der Waals surface area contributed by atoms with Gasteiger partial charge in [0.05, 0.1) is 11.4 Å². The van der Waals surface area contributed by atoms with Crippen LogP contribution in [0, 0.1) is 0 Å². The Hall–Kier alpha value is -2.49. The van der Waals surface area contributed by atoms with Gasteiger partial charge in [0.25, 0.3) is 0 Å². The summed E-state index contributed by atoms with van der Waals surface area (Å²) in [6.45, 7) is 3.96. The van der Waals surface area contributed by atoms with Crippen molar-refractivity contribution in [3.8, 4) is 0 Å². The lowest BCUT2D eigenvalue weighted by molar-refractivity contribution is 0.256. The summed E-state index contributed by atoms with van der Waals surface area (Å²) >= 11 is 0. The van der Waals surface area contributed by atoms with Gasteiger partial charge in [-0.3, -0.25) is 4.90 Å². The lowest BCUT2D eigenvalue weighted by atomic mass is 10.1. The van der Waals surface area contributed by atoms with Crippen molar-refractivity contribution < 1.29 is 4.79 Å². The molecule has 0 bridgehead atoms. The van der Waals surface area contributed by atoms with Gasteiger partial charge in [0.15, 0.2) is 0 Å². The molecule has 4 rings (SSSR count). The predicted octanol–water partition coefficient (Wildman–Crippen LogP) is 4.27. The van der Waals surface area contributed by atoms with Crippen LogP contribution in [0.3, 0.4) is 0 Å². The molecule has 2 aromatic rings. The Morgan fingerprint density at radius 2 is 1.88 bits per heavy atom. The van der Waals surface area contributed by atoms with E-state index in [1.165, 1.54) is 17.7 Å². The molecule has 24 heavy (non-hydrogen) atoms. The van der Waals surface area contributed by atoms with Crippen LogP contribution in [-0.4, -0.2) is 25.2 Å². The summed E-state index contributed by atoms with van der Waals surface area (Å²) in [4.78, 5) is 17.4. The second-order valence-corrected chi connectivity index (χ2v) is 6.53. The number of carbonyl (C=O) groups is 1. The summed E-state index contributed by atoms with van der Waals surface area (Å²) in [6.07, 6.45) is 3.26. The largest absolute Gasteiger partial charge is 0.365 e. The van der Waals surface area contributed by atoms with Crippen molar-refractivity contribution in [2.75, 3.05) is 28.2 Å². The van der Waals surface area contributed by atoms with E-state index in [0.29, 0.717) is 6.04 Å². The molecule has 0 radical (unpaired) electrons. The van der Waals surface area contributed by atoms with Gasteiger partial charge < -0.3 is 10.2 Å². The van der Waals surface area contributed by atoms with Gasteiger partial charge in [0.1, 0.15) is 0 Å². The van der Waals surface area contributed by atoms with E-state index in [0.717, 1.165) is 37.3 Å². The van der Waals surface area contributed by atoms with Gasteiger partial charge in [-0.05, 0) is 43.0 Å². The number of hydrogen-bond acceptors (Lipinski definition) is 2. The Balaban J connectivity index is 1.64. The lowest BCUT2D eigenvalue weighted by Crippen LogP contribution is -2.49. The number of fused-ring (bicyclic) bond motifs is 3. The second-order valence-electron chi connectivity index (χ2n) is 6.53. The first-order valence-corrected chi connectivity index (χ1v) is 8.80. The van der Waals surface area contributed by atoms with Crippen molar-refractivity contribution >= 4 is 23.1 Å². The van der Waals surface area contributed by atoms with Crippen molar-refractivity contribution in [1.29, 1.82) is 0 Å². The van der Waals surface area contributed by atoms with Gasteiger partial charge in [-0.2, -0.15) is 0 Å². The Labute approximate surface area is 143 Å². The van der Waals surface area contributed by atoms with Gasteiger partial charge in [-0.1, -0.05) is 37.3 Å². The van der Waals surface area contributed by atoms with E-state index in [-0.39, 0.29) is 6.03 Å². The van der Waals surface area contributed by atoms with Crippen molar-refractivity contribution in [3.05, 3.63) is 54.1 Å². The topological polar surface area (TPSA) is 35.6 Å². The maximum atomic E-state index is 13.0. The van der Waals surface area contributed by atoms with Crippen LogP contribution in [0.4, 0.5) is 21.9 Å². The van der Waals surface area contributed by atoms with E-state index in [2.05, 4.69) is 41.4 Å². The molecule has 124 valence electrons. The Morgan fingerprint density at radius 3 is 2.71 bits per heavy atom. The zero-order valence-electron chi connectivity index (χ0n) is 14.0. The zero-order valence-corrected chi connectivity index (χ0v) is 14.0. The van der Waals surface area contributed by atoms with E-state index in [1.807, 2.05) is 29.2 Å². The van der Waals surface area contributed by atoms with E-state index in [9.17, 15) is 4.79 Å². The van der Waals surface area contributed by atoms with E-state index in [4.69, 9.17) is 0 Å². The first-order valence-electron chi connectivity index (χ1n) is 8.80. The van der Waals surface area contributed by atoms with Crippen LogP contribution in [0.5, 0.6) is 0 Å². The number of carbonyl (C=O) groups excluding carboxylic acids is 1. The number of aryl methyl sites for hydroxylation is 1. The summed E-state index contributed by atoms with van der Waals surface area (Å²) in [5.74, 6) is 0. The molecule has 0 aliphatic carbocycles. The molecule has 0 spiro atoms. The molecule has 0 aromatic heterocycles. The number of hydrogen-bond donors (Lipinski definition) is 1. The van der Waals surface area contributed by atoms with Crippen LogP contribution in [0.15, 0.2) is 48.5 Å².